The van der Waals surface area contributed by atoms with Crippen molar-refractivity contribution in [1.29, 1.82) is 0 Å². The number of aliphatic carboxylic acids is 2. The van der Waals surface area contributed by atoms with E-state index >= 15 is 0 Å². The second kappa shape index (κ2) is 12.7. The zero-order valence-electron chi connectivity index (χ0n) is 14.0. The van der Waals surface area contributed by atoms with Crippen molar-refractivity contribution in [2.24, 2.45) is 0 Å². The summed E-state index contributed by atoms with van der Waals surface area (Å²) in [5.41, 5.74) is -1.48. The van der Waals surface area contributed by atoms with Gasteiger partial charge in [0.25, 0.3) is 0 Å². The SMILES string of the molecule is CCCCCCCCCCC(C(=O)O)(C(=O)O)c1ccccc1.[CaH2]. The van der Waals surface area contributed by atoms with Crippen LogP contribution in [0.15, 0.2) is 30.3 Å². The van der Waals surface area contributed by atoms with Crippen molar-refractivity contribution < 1.29 is 19.8 Å². The average molecular weight is 363 g/mol. The van der Waals surface area contributed by atoms with Gasteiger partial charge in [-0.1, -0.05) is 88.6 Å². The summed E-state index contributed by atoms with van der Waals surface area (Å²) < 4.78 is 0. The van der Waals surface area contributed by atoms with E-state index in [9.17, 15) is 19.8 Å². The number of carboxylic acids is 2. The Labute approximate surface area is 174 Å². The van der Waals surface area contributed by atoms with Gasteiger partial charge in [-0.05, 0) is 12.0 Å². The van der Waals surface area contributed by atoms with E-state index in [1.807, 2.05) is 0 Å². The molecule has 0 aliphatic carbocycles. The summed E-state index contributed by atoms with van der Waals surface area (Å²) in [7, 11) is 0. The van der Waals surface area contributed by atoms with E-state index in [1.54, 1.807) is 30.3 Å². The van der Waals surface area contributed by atoms with Crippen LogP contribution in [0.3, 0.4) is 0 Å². The first-order valence-corrected chi connectivity index (χ1v) is 8.58. The second-order valence-corrected chi connectivity index (χ2v) is 6.11. The molecule has 1 aromatic carbocycles. The first kappa shape index (κ1) is 23.4. The Kier molecular flexibility index (Phi) is 12.4. The normalized spacial score (nSPS) is 10.9. The Hall–Kier alpha value is -0.580. The zero-order valence-corrected chi connectivity index (χ0v) is 14.0. The fraction of sp³-hybridized carbons (Fsp3) is 0.579. The van der Waals surface area contributed by atoms with Crippen molar-refractivity contribution in [2.75, 3.05) is 0 Å². The molecule has 24 heavy (non-hydrogen) atoms. The van der Waals surface area contributed by atoms with E-state index in [0.29, 0.717) is 12.0 Å². The molecule has 0 bridgehead atoms. The maximum atomic E-state index is 11.7. The van der Waals surface area contributed by atoms with E-state index in [0.717, 1.165) is 19.3 Å². The molecule has 0 aliphatic heterocycles. The molecule has 0 fully saturated rings. The molecule has 0 spiro atoms. The van der Waals surface area contributed by atoms with Gasteiger partial charge in [-0.25, -0.2) is 0 Å². The molecule has 0 aromatic heterocycles. The molecule has 0 aliphatic rings. The van der Waals surface area contributed by atoms with Gasteiger partial charge in [0.1, 0.15) is 0 Å². The van der Waals surface area contributed by atoms with Crippen LogP contribution in [0, 0.1) is 0 Å². The predicted octanol–water partition coefficient (Wildman–Crippen LogP) is 3.71. The summed E-state index contributed by atoms with van der Waals surface area (Å²) in [4.78, 5) is 23.4. The van der Waals surface area contributed by atoms with E-state index < -0.39 is 17.4 Å². The summed E-state index contributed by atoms with van der Waals surface area (Å²) in [6, 6.07) is 8.31. The van der Waals surface area contributed by atoms with Gasteiger partial charge in [-0.2, -0.15) is 0 Å². The third-order valence-corrected chi connectivity index (χ3v) is 4.40. The van der Waals surface area contributed by atoms with Gasteiger partial charge in [0.05, 0.1) is 0 Å². The molecule has 0 unspecified atom stereocenters. The molecule has 132 valence electrons. The second-order valence-electron chi connectivity index (χ2n) is 6.11. The molecule has 2 N–H and O–H groups in total. The molecule has 0 radical (unpaired) electrons. The molecular weight excluding hydrogens is 332 g/mol. The minimum absolute atomic E-state index is 0. The molecular formula is C19H30CaO4. The van der Waals surface area contributed by atoms with Crippen molar-refractivity contribution in [1.82, 2.24) is 0 Å². The third kappa shape index (κ3) is 6.73. The van der Waals surface area contributed by atoms with Crippen LogP contribution in [0.1, 0.15) is 70.3 Å². The molecule has 0 saturated heterocycles. The number of rotatable bonds is 12. The van der Waals surface area contributed by atoms with Crippen LogP contribution in [0.5, 0.6) is 0 Å². The quantitative estimate of drug-likeness (QED) is 0.338. The Balaban J connectivity index is 0.00000529. The van der Waals surface area contributed by atoms with E-state index in [1.165, 1.54) is 25.7 Å². The van der Waals surface area contributed by atoms with Crippen LogP contribution >= 0.6 is 0 Å². The van der Waals surface area contributed by atoms with Crippen molar-refractivity contribution in [3.63, 3.8) is 0 Å². The van der Waals surface area contributed by atoms with E-state index in [4.69, 9.17) is 0 Å². The molecule has 0 amide bonds. The summed E-state index contributed by atoms with van der Waals surface area (Å²) in [6.45, 7) is 2.18. The Morgan fingerprint density at radius 1 is 0.833 bits per heavy atom. The summed E-state index contributed by atoms with van der Waals surface area (Å²) in [6.07, 6.45) is 8.72. The maximum absolute atomic E-state index is 11.7. The van der Waals surface area contributed by atoms with Gasteiger partial charge in [-0.15, -0.1) is 0 Å². The first-order chi connectivity index (χ1) is 11.1. The van der Waals surface area contributed by atoms with Gasteiger partial charge in [-0.3, -0.25) is 9.59 Å². The van der Waals surface area contributed by atoms with Crippen LogP contribution in [0.2, 0.25) is 0 Å². The molecule has 0 saturated carbocycles. The van der Waals surface area contributed by atoms with Gasteiger partial charge >= 0.3 is 49.7 Å². The molecule has 1 rings (SSSR count). The van der Waals surface area contributed by atoms with Gasteiger partial charge < -0.3 is 10.2 Å². The molecule has 4 nitrogen and oxygen atoms in total. The first-order valence-electron chi connectivity index (χ1n) is 8.58. The summed E-state index contributed by atoms with van der Waals surface area (Å²) in [5, 5.41) is 19.1. The molecule has 5 heteroatoms. The Bertz CT molecular complexity index is 473. The van der Waals surface area contributed by atoms with Crippen LogP contribution < -0.4 is 0 Å². The number of hydrogen-bond acceptors (Lipinski definition) is 2. The fourth-order valence-electron chi connectivity index (χ4n) is 2.94. The van der Waals surface area contributed by atoms with Crippen LogP contribution in [-0.2, 0) is 15.0 Å². The molecule has 0 heterocycles. The standard InChI is InChI=1S/C19H28O4.Ca.2H/c1-2-3-4-5-6-7-8-12-15-19(17(20)21,18(22)23)16-13-10-9-11-14-16;;;/h9-11,13-14H,2-8,12,15H2,1H3,(H,20,21)(H,22,23);;;. The number of hydrogen-bond donors (Lipinski definition) is 2. The zero-order chi connectivity index (χ0) is 17.1. The fourth-order valence-corrected chi connectivity index (χ4v) is 2.94. The number of unbranched alkanes of at least 4 members (excludes halogenated alkanes) is 7. The van der Waals surface area contributed by atoms with Crippen LogP contribution in [0.25, 0.3) is 0 Å². The Morgan fingerprint density at radius 3 is 1.75 bits per heavy atom. The van der Waals surface area contributed by atoms with Gasteiger partial charge in [0, 0.05) is 0 Å². The summed E-state index contributed by atoms with van der Waals surface area (Å²) in [5.74, 6) is -2.56. The minimum atomic E-state index is -1.83. The van der Waals surface area contributed by atoms with E-state index in [2.05, 4.69) is 6.92 Å². The van der Waals surface area contributed by atoms with Crippen LogP contribution in [-0.4, -0.2) is 59.9 Å². The third-order valence-electron chi connectivity index (χ3n) is 4.40. The van der Waals surface area contributed by atoms with Gasteiger partial charge in [0.2, 0.25) is 0 Å². The van der Waals surface area contributed by atoms with Crippen molar-refractivity contribution in [2.45, 2.75) is 70.1 Å². The Morgan fingerprint density at radius 2 is 1.29 bits per heavy atom. The van der Waals surface area contributed by atoms with Crippen molar-refractivity contribution >= 4 is 49.7 Å². The van der Waals surface area contributed by atoms with E-state index in [-0.39, 0.29) is 44.2 Å². The number of carbonyl (C=O) groups is 2. The monoisotopic (exact) mass is 362 g/mol. The predicted molar refractivity (Wildman–Crippen MR) is 99.2 cm³/mol. The molecule has 1 aromatic rings. The van der Waals surface area contributed by atoms with Crippen molar-refractivity contribution in [3.05, 3.63) is 35.9 Å². The summed E-state index contributed by atoms with van der Waals surface area (Å²) >= 11 is 0. The van der Waals surface area contributed by atoms with Crippen LogP contribution in [0.4, 0.5) is 0 Å². The topological polar surface area (TPSA) is 74.6 Å². The molecule has 0 atom stereocenters. The van der Waals surface area contributed by atoms with Crippen molar-refractivity contribution in [3.8, 4) is 0 Å². The number of carboxylic acid groups (broad SMARTS) is 2. The van der Waals surface area contributed by atoms with Gasteiger partial charge in [0.15, 0.2) is 5.41 Å². The average Bonchev–Trinajstić information content (AvgIpc) is 2.54. The number of benzene rings is 1.